The van der Waals surface area contributed by atoms with Gasteiger partial charge in [0.2, 0.25) is 0 Å². The van der Waals surface area contributed by atoms with Crippen molar-refractivity contribution in [3.05, 3.63) is 106 Å². The van der Waals surface area contributed by atoms with Crippen LogP contribution < -0.4 is 4.74 Å². The Bertz CT molecular complexity index is 1180. The van der Waals surface area contributed by atoms with Crippen molar-refractivity contribution >= 4 is 34.3 Å². The van der Waals surface area contributed by atoms with Crippen LogP contribution in [-0.4, -0.2) is 6.21 Å². The molecule has 4 aromatic carbocycles. The van der Waals surface area contributed by atoms with E-state index in [1.807, 2.05) is 49.5 Å². The highest BCUT2D eigenvalue weighted by Gasteiger charge is 2.08. The Morgan fingerprint density at radius 1 is 0.862 bits per heavy atom. The van der Waals surface area contributed by atoms with Crippen LogP contribution >= 0.6 is 11.6 Å². The molecule has 0 aliphatic rings. The summed E-state index contributed by atoms with van der Waals surface area (Å²) in [6, 6.07) is 26.5. The molecule has 0 unspecified atom stereocenters. The van der Waals surface area contributed by atoms with Crippen molar-refractivity contribution in [1.29, 1.82) is 0 Å². The Labute approximate surface area is 176 Å². The highest BCUT2D eigenvalue weighted by Crippen LogP contribution is 2.30. The van der Waals surface area contributed by atoms with Crippen molar-refractivity contribution in [2.75, 3.05) is 0 Å². The van der Waals surface area contributed by atoms with Gasteiger partial charge in [-0.2, -0.15) is 0 Å². The average molecular weight is 400 g/mol. The summed E-state index contributed by atoms with van der Waals surface area (Å²) in [4.78, 5) is 4.72. The second kappa shape index (κ2) is 8.50. The van der Waals surface area contributed by atoms with Crippen LogP contribution in [0.3, 0.4) is 0 Å². The van der Waals surface area contributed by atoms with Crippen LogP contribution in [0.4, 0.5) is 5.69 Å². The van der Waals surface area contributed by atoms with Gasteiger partial charge in [0.15, 0.2) is 0 Å². The summed E-state index contributed by atoms with van der Waals surface area (Å²) < 4.78 is 6.20. The van der Waals surface area contributed by atoms with Crippen LogP contribution in [0.2, 0.25) is 5.02 Å². The number of hydrogen-bond acceptors (Lipinski definition) is 2. The number of hydrogen-bond donors (Lipinski definition) is 0. The molecule has 144 valence electrons. The molecule has 2 nitrogen and oxygen atoms in total. The molecule has 0 saturated carbocycles. The minimum Gasteiger partial charge on any atom is -0.488 e. The van der Waals surface area contributed by atoms with Gasteiger partial charge in [0.1, 0.15) is 12.4 Å². The third kappa shape index (κ3) is 4.33. The predicted octanol–water partition coefficient (Wildman–Crippen LogP) is 7.44. The first kappa shape index (κ1) is 19.2. The summed E-state index contributed by atoms with van der Waals surface area (Å²) in [5.74, 6) is 0.813. The summed E-state index contributed by atoms with van der Waals surface area (Å²) >= 11 is 6.25. The van der Waals surface area contributed by atoms with Crippen molar-refractivity contribution in [3.8, 4) is 5.75 Å². The second-order valence-electron chi connectivity index (χ2n) is 7.11. The van der Waals surface area contributed by atoms with Gasteiger partial charge in [0, 0.05) is 16.8 Å². The second-order valence-corrected chi connectivity index (χ2v) is 7.52. The first-order valence-corrected chi connectivity index (χ1v) is 9.99. The van der Waals surface area contributed by atoms with Crippen molar-refractivity contribution in [1.82, 2.24) is 0 Å². The standard InChI is InChI=1S/C26H22ClNO/c1-18-10-12-20(13-11-18)17-29-26-15-14-21-6-3-4-7-22(21)23(26)16-28-25-9-5-8-24(27)19(25)2/h3-16H,17H2,1-2H3. The molecule has 0 bridgehead atoms. The van der Waals surface area contributed by atoms with Crippen LogP contribution in [0, 0.1) is 13.8 Å². The summed E-state index contributed by atoms with van der Waals surface area (Å²) in [5.41, 5.74) is 5.17. The Morgan fingerprint density at radius 3 is 2.48 bits per heavy atom. The van der Waals surface area contributed by atoms with E-state index in [2.05, 4.69) is 49.4 Å². The molecule has 4 aromatic rings. The number of rotatable bonds is 5. The Balaban J connectivity index is 1.71. The number of aryl methyl sites for hydroxylation is 1. The Morgan fingerprint density at radius 2 is 1.66 bits per heavy atom. The van der Waals surface area contributed by atoms with Crippen molar-refractivity contribution in [2.45, 2.75) is 20.5 Å². The lowest BCUT2D eigenvalue weighted by Crippen LogP contribution is -1.99. The molecule has 0 atom stereocenters. The van der Waals surface area contributed by atoms with Crippen LogP contribution in [0.25, 0.3) is 10.8 Å². The van der Waals surface area contributed by atoms with E-state index in [0.29, 0.717) is 11.6 Å². The number of nitrogens with zero attached hydrogens (tertiary/aromatic N) is 1. The molecule has 3 heteroatoms. The molecular formula is C26H22ClNO. The lowest BCUT2D eigenvalue weighted by Gasteiger charge is -2.12. The topological polar surface area (TPSA) is 21.6 Å². The molecule has 0 radical (unpaired) electrons. The zero-order valence-corrected chi connectivity index (χ0v) is 17.3. The smallest absolute Gasteiger partial charge is 0.129 e. The lowest BCUT2D eigenvalue weighted by atomic mass is 10.0. The molecular weight excluding hydrogens is 378 g/mol. The van der Waals surface area contributed by atoms with Crippen molar-refractivity contribution in [2.24, 2.45) is 4.99 Å². The van der Waals surface area contributed by atoms with Gasteiger partial charge in [-0.15, -0.1) is 0 Å². The van der Waals surface area contributed by atoms with Crippen LogP contribution in [0.5, 0.6) is 5.75 Å². The fraction of sp³-hybridized carbons (Fsp3) is 0.115. The van der Waals surface area contributed by atoms with Gasteiger partial charge >= 0.3 is 0 Å². The minimum absolute atomic E-state index is 0.510. The van der Waals surface area contributed by atoms with Crippen molar-refractivity contribution < 1.29 is 4.74 Å². The quantitative estimate of drug-likeness (QED) is 0.319. The summed E-state index contributed by atoms with van der Waals surface area (Å²) in [6.45, 7) is 4.57. The maximum absolute atomic E-state index is 6.25. The maximum atomic E-state index is 6.25. The molecule has 4 rings (SSSR count). The molecule has 29 heavy (non-hydrogen) atoms. The maximum Gasteiger partial charge on any atom is 0.129 e. The molecule has 0 amide bonds. The largest absolute Gasteiger partial charge is 0.488 e. The lowest BCUT2D eigenvalue weighted by molar-refractivity contribution is 0.306. The fourth-order valence-corrected chi connectivity index (χ4v) is 3.42. The minimum atomic E-state index is 0.510. The molecule has 0 fully saturated rings. The zero-order valence-electron chi connectivity index (χ0n) is 16.5. The van der Waals surface area contributed by atoms with Gasteiger partial charge in [-0.3, -0.25) is 4.99 Å². The number of benzene rings is 4. The van der Waals surface area contributed by atoms with Gasteiger partial charge < -0.3 is 4.74 Å². The number of aliphatic imine (C=N–C) groups is 1. The Kier molecular flexibility index (Phi) is 5.64. The van der Waals surface area contributed by atoms with E-state index in [9.17, 15) is 0 Å². The number of halogens is 1. The summed E-state index contributed by atoms with van der Waals surface area (Å²) in [5, 5.41) is 2.98. The average Bonchev–Trinajstić information content (AvgIpc) is 2.74. The highest BCUT2D eigenvalue weighted by atomic mass is 35.5. The van der Waals surface area contributed by atoms with E-state index in [1.54, 1.807) is 0 Å². The van der Waals surface area contributed by atoms with Gasteiger partial charge in [0.05, 0.1) is 5.69 Å². The third-order valence-electron chi connectivity index (χ3n) is 5.02. The molecule has 0 N–H and O–H groups in total. The van der Waals surface area contributed by atoms with Crippen LogP contribution in [0.1, 0.15) is 22.3 Å². The van der Waals surface area contributed by atoms with E-state index < -0.39 is 0 Å². The normalized spacial score (nSPS) is 11.3. The molecule has 0 spiro atoms. The highest BCUT2D eigenvalue weighted by molar-refractivity contribution is 6.31. The monoisotopic (exact) mass is 399 g/mol. The van der Waals surface area contributed by atoms with E-state index in [1.165, 1.54) is 5.56 Å². The molecule has 0 aliphatic heterocycles. The number of ether oxygens (including phenoxy) is 1. The SMILES string of the molecule is Cc1ccc(COc2ccc3ccccc3c2C=Nc2cccc(Cl)c2C)cc1. The van der Waals surface area contributed by atoms with Gasteiger partial charge in [-0.05, 0) is 53.9 Å². The zero-order chi connectivity index (χ0) is 20.2. The van der Waals surface area contributed by atoms with Crippen LogP contribution in [-0.2, 0) is 6.61 Å². The molecule has 0 aliphatic carbocycles. The van der Waals surface area contributed by atoms with Gasteiger partial charge in [-0.1, -0.05) is 77.8 Å². The van der Waals surface area contributed by atoms with E-state index in [-0.39, 0.29) is 0 Å². The molecule has 0 saturated heterocycles. The van der Waals surface area contributed by atoms with E-state index >= 15 is 0 Å². The summed E-state index contributed by atoms with van der Waals surface area (Å²) in [7, 11) is 0. The Hall–Kier alpha value is -3.10. The van der Waals surface area contributed by atoms with Crippen LogP contribution in [0.15, 0.2) is 83.9 Å². The van der Waals surface area contributed by atoms with Gasteiger partial charge in [0.25, 0.3) is 0 Å². The predicted molar refractivity (Wildman–Crippen MR) is 123 cm³/mol. The molecule has 0 aromatic heterocycles. The fourth-order valence-electron chi connectivity index (χ4n) is 3.25. The molecule has 0 heterocycles. The summed E-state index contributed by atoms with van der Waals surface area (Å²) in [6.07, 6.45) is 1.88. The van der Waals surface area contributed by atoms with E-state index in [0.717, 1.165) is 38.9 Å². The third-order valence-corrected chi connectivity index (χ3v) is 5.43. The van der Waals surface area contributed by atoms with E-state index in [4.69, 9.17) is 21.3 Å². The van der Waals surface area contributed by atoms with Gasteiger partial charge in [-0.25, -0.2) is 0 Å². The van der Waals surface area contributed by atoms with Crippen molar-refractivity contribution in [3.63, 3.8) is 0 Å². The number of fused-ring (bicyclic) bond motifs is 1. The first-order valence-electron chi connectivity index (χ1n) is 9.61. The first-order chi connectivity index (χ1) is 14.1.